The molecule has 28 heavy (non-hydrogen) atoms. The van der Waals surface area contributed by atoms with Gasteiger partial charge in [-0.05, 0) is 36.4 Å². The molecule has 0 fully saturated rings. The summed E-state index contributed by atoms with van der Waals surface area (Å²) in [5.74, 6) is 0.731. The predicted molar refractivity (Wildman–Crippen MR) is 101 cm³/mol. The Morgan fingerprint density at radius 1 is 1.04 bits per heavy atom. The fourth-order valence-electron chi connectivity index (χ4n) is 2.87. The van der Waals surface area contributed by atoms with Crippen molar-refractivity contribution in [3.63, 3.8) is 0 Å². The lowest BCUT2D eigenvalue weighted by Crippen LogP contribution is -2.04. The fourth-order valence-corrected chi connectivity index (χ4v) is 2.87. The molecule has 4 aromatic rings. The molecule has 0 bridgehead atoms. The van der Waals surface area contributed by atoms with Crippen molar-refractivity contribution in [2.24, 2.45) is 0 Å². The Morgan fingerprint density at radius 2 is 1.86 bits per heavy atom. The number of esters is 1. The van der Waals surface area contributed by atoms with Crippen molar-refractivity contribution >= 4 is 11.5 Å². The molecule has 0 unspecified atom stereocenters. The lowest BCUT2D eigenvalue weighted by molar-refractivity contribution is 0.0432. The van der Waals surface area contributed by atoms with Gasteiger partial charge in [-0.2, -0.15) is 5.26 Å². The van der Waals surface area contributed by atoms with Gasteiger partial charge < -0.3 is 18.3 Å². The van der Waals surface area contributed by atoms with Crippen molar-refractivity contribution in [1.29, 1.82) is 5.26 Å². The summed E-state index contributed by atoms with van der Waals surface area (Å²) in [6.45, 7) is 0.195. The highest BCUT2D eigenvalue weighted by Crippen LogP contribution is 2.20. The Bertz CT molecular complexity index is 1150. The minimum absolute atomic E-state index is 0.0139. The van der Waals surface area contributed by atoms with Gasteiger partial charge in [0.05, 0.1) is 11.1 Å². The van der Waals surface area contributed by atoms with Crippen LogP contribution in [0.5, 0.6) is 5.75 Å². The van der Waals surface area contributed by atoms with Crippen LogP contribution in [0.4, 0.5) is 0 Å². The average Bonchev–Trinajstić information content (AvgIpc) is 3.35. The van der Waals surface area contributed by atoms with E-state index in [-0.39, 0.29) is 19.0 Å². The van der Waals surface area contributed by atoms with Gasteiger partial charge in [-0.3, -0.25) is 0 Å². The summed E-state index contributed by atoms with van der Waals surface area (Å²) in [6.07, 6.45) is 3.62. The number of hydrogen-bond acceptors (Lipinski definition) is 5. The van der Waals surface area contributed by atoms with E-state index in [0.717, 1.165) is 5.52 Å². The van der Waals surface area contributed by atoms with Crippen LogP contribution in [-0.2, 0) is 18.0 Å². The summed E-state index contributed by atoms with van der Waals surface area (Å²) < 4.78 is 18.2. The summed E-state index contributed by atoms with van der Waals surface area (Å²) in [6, 6.07) is 20.3. The zero-order valence-corrected chi connectivity index (χ0v) is 14.9. The van der Waals surface area contributed by atoms with E-state index in [9.17, 15) is 10.1 Å². The van der Waals surface area contributed by atoms with Crippen LogP contribution in [0.3, 0.4) is 0 Å². The Hall–Kier alpha value is -3.98. The molecule has 0 saturated carbocycles. The first-order valence-corrected chi connectivity index (χ1v) is 8.67. The topological polar surface area (TPSA) is 76.9 Å². The molecule has 0 atom stereocenters. The molecule has 0 radical (unpaired) electrons. The van der Waals surface area contributed by atoms with Crippen molar-refractivity contribution in [2.45, 2.75) is 13.2 Å². The number of carbonyl (C=O) groups excluding carboxylic acids is 1. The summed E-state index contributed by atoms with van der Waals surface area (Å²) >= 11 is 0. The lowest BCUT2D eigenvalue weighted by Gasteiger charge is -2.03. The van der Waals surface area contributed by atoms with Crippen LogP contribution >= 0.6 is 0 Å². The lowest BCUT2D eigenvalue weighted by atomic mass is 10.2. The highest BCUT2D eigenvalue weighted by Gasteiger charge is 2.16. The Balaban J connectivity index is 1.40. The molecule has 0 saturated heterocycles. The number of rotatable bonds is 6. The van der Waals surface area contributed by atoms with E-state index in [4.69, 9.17) is 13.9 Å². The number of furan rings is 1. The number of nitrogens with zero attached hydrogens (tertiary/aromatic N) is 2. The number of aromatic nitrogens is 1. The summed E-state index contributed by atoms with van der Waals surface area (Å²) in [4.78, 5) is 12.3. The number of nitriles is 1. The third-order valence-corrected chi connectivity index (χ3v) is 4.22. The van der Waals surface area contributed by atoms with Gasteiger partial charge in [-0.15, -0.1) is 0 Å². The second-order valence-corrected chi connectivity index (χ2v) is 6.08. The average molecular weight is 372 g/mol. The number of carbonyl (C=O) groups is 1. The maximum absolute atomic E-state index is 12.3. The van der Waals surface area contributed by atoms with Crippen molar-refractivity contribution in [2.75, 3.05) is 0 Å². The predicted octanol–water partition coefficient (Wildman–Crippen LogP) is 4.34. The highest BCUT2D eigenvalue weighted by atomic mass is 16.5. The molecule has 6 nitrogen and oxygen atoms in total. The van der Waals surface area contributed by atoms with E-state index in [1.54, 1.807) is 18.3 Å². The van der Waals surface area contributed by atoms with Crippen LogP contribution in [0.25, 0.3) is 5.52 Å². The molecule has 0 aliphatic carbocycles. The molecule has 3 heterocycles. The smallest absolute Gasteiger partial charge is 0.374 e. The molecule has 0 amide bonds. The third-order valence-electron chi connectivity index (χ3n) is 4.22. The Labute approximate surface area is 161 Å². The number of pyridine rings is 1. The van der Waals surface area contributed by atoms with E-state index in [1.165, 1.54) is 0 Å². The fraction of sp³-hybridized carbons (Fsp3) is 0.0909. The number of hydrogen-bond donors (Lipinski definition) is 0. The first-order valence-electron chi connectivity index (χ1n) is 8.67. The SMILES string of the molecule is N#Cc1c(COC(=O)c2ccc(COc3ccccc3)o2)cn2ccccc12. The van der Waals surface area contributed by atoms with Crippen LogP contribution in [0.2, 0.25) is 0 Å². The normalized spacial score (nSPS) is 10.5. The van der Waals surface area contributed by atoms with E-state index in [1.807, 2.05) is 59.1 Å². The van der Waals surface area contributed by atoms with E-state index in [0.29, 0.717) is 22.6 Å². The largest absolute Gasteiger partial charge is 0.486 e. The zero-order valence-electron chi connectivity index (χ0n) is 14.9. The van der Waals surface area contributed by atoms with E-state index in [2.05, 4.69) is 6.07 Å². The van der Waals surface area contributed by atoms with Crippen LogP contribution in [0.15, 0.2) is 77.5 Å². The molecular formula is C22H16N2O4. The Morgan fingerprint density at radius 3 is 2.68 bits per heavy atom. The second kappa shape index (κ2) is 7.72. The number of ether oxygens (including phenoxy) is 2. The minimum Gasteiger partial charge on any atom is -0.486 e. The van der Waals surface area contributed by atoms with Gasteiger partial charge in [0.2, 0.25) is 5.76 Å². The van der Waals surface area contributed by atoms with Gasteiger partial charge in [-0.1, -0.05) is 24.3 Å². The first-order chi connectivity index (χ1) is 13.7. The molecular weight excluding hydrogens is 356 g/mol. The highest BCUT2D eigenvalue weighted by molar-refractivity contribution is 5.86. The van der Waals surface area contributed by atoms with Gasteiger partial charge in [0.1, 0.15) is 30.8 Å². The molecule has 0 spiro atoms. The van der Waals surface area contributed by atoms with Crippen LogP contribution in [-0.4, -0.2) is 10.4 Å². The molecule has 0 N–H and O–H groups in total. The van der Waals surface area contributed by atoms with Crippen LogP contribution in [0, 0.1) is 11.3 Å². The van der Waals surface area contributed by atoms with Gasteiger partial charge in [0.25, 0.3) is 0 Å². The maximum atomic E-state index is 12.3. The van der Waals surface area contributed by atoms with Gasteiger partial charge in [0.15, 0.2) is 0 Å². The number of fused-ring (bicyclic) bond motifs is 1. The molecule has 6 heteroatoms. The molecule has 0 aliphatic heterocycles. The molecule has 1 aromatic carbocycles. The van der Waals surface area contributed by atoms with Crippen molar-refractivity contribution < 1.29 is 18.7 Å². The van der Waals surface area contributed by atoms with Crippen LogP contribution in [0.1, 0.15) is 27.4 Å². The van der Waals surface area contributed by atoms with E-state index < -0.39 is 5.97 Å². The quantitative estimate of drug-likeness (QED) is 0.471. The molecule has 138 valence electrons. The monoisotopic (exact) mass is 372 g/mol. The third kappa shape index (κ3) is 3.60. The zero-order chi connectivity index (χ0) is 19.3. The van der Waals surface area contributed by atoms with Crippen molar-refractivity contribution in [3.05, 3.63) is 95.7 Å². The van der Waals surface area contributed by atoms with Gasteiger partial charge in [-0.25, -0.2) is 4.79 Å². The van der Waals surface area contributed by atoms with Crippen LogP contribution < -0.4 is 4.74 Å². The Kier molecular flexibility index (Phi) is 4.81. The summed E-state index contributed by atoms with van der Waals surface area (Å²) in [5.41, 5.74) is 1.90. The standard InChI is InChI=1S/C22H16N2O4/c23-12-19-16(13-24-11-5-4-8-20(19)24)14-27-22(25)21-10-9-18(28-21)15-26-17-6-2-1-3-7-17/h1-11,13H,14-15H2. The summed E-state index contributed by atoms with van der Waals surface area (Å²) in [5, 5.41) is 9.41. The minimum atomic E-state index is -0.592. The van der Waals surface area contributed by atoms with Gasteiger partial charge in [0, 0.05) is 18.0 Å². The van der Waals surface area contributed by atoms with E-state index >= 15 is 0 Å². The molecule has 3 aromatic heterocycles. The van der Waals surface area contributed by atoms with Crippen molar-refractivity contribution in [3.8, 4) is 11.8 Å². The summed E-state index contributed by atoms with van der Waals surface area (Å²) in [7, 11) is 0. The maximum Gasteiger partial charge on any atom is 0.374 e. The second-order valence-electron chi connectivity index (χ2n) is 6.08. The molecule has 4 rings (SSSR count). The van der Waals surface area contributed by atoms with Gasteiger partial charge >= 0.3 is 5.97 Å². The molecule has 0 aliphatic rings. The first kappa shape index (κ1) is 17.4. The van der Waals surface area contributed by atoms with Crippen molar-refractivity contribution in [1.82, 2.24) is 4.40 Å². The number of benzene rings is 1. The number of para-hydroxylation sites is 1.